The van der Waals surface area contributed by atoms with Gasteiger partial charge in [-0.15, -0.1) is 0 Å². The second-order valence-electron chi connectivity index (χ2n) is 5.38. The maximum atomic E-state index is 11.4. The first-order valence-electron chi connectivity index (χ1n) is 7.70. The maximum absolute atomic E-state index is 11.4. The number of nitrogens with zero attached hydrogens (tertiary/aromatic N) is 1. The van der Waals surface area contributed by atoms with Crippen LogP contribution in [0.3, 0.4) is 0 Å². The second-order valence-corrected chi connectivity index (χ2v) is 5.38. The van der Waals surface area contributed by atoms with Crippen molar-refractivity contribution in [1.82, 2.24) is 5.32 Å². The van der Waals surface area contributed by atoms with Gasteiger partial charge >= 0.3 is 0 Å². The van der Waals surface area contributed by atoms with Crippen LogP contribution in [0.2, 0.25) is 0 Å². The van der Waals surface area contributed by atoms with Crippen molar-refractivity contribution >= 4 is 0 Å². The molecular formula is C18H22N2O3. The fraction of sp³-hybridized carbons (Fsp3) is 0.333. The molecule has 122 valence electrons. The Bertz CT molecular complexity index is 614. The molecule has 0 aliphatic rings. The first-order chi connectivity index (χ1) is 11.2. The Kier molecular flexibility index (Phi) is 6.11. The van der Waals surface area contributed by atoms with Gasteiger partial charge in [0.2, 0.25) is 6.04 Å². The molecule has 0 fully saturated rings. The van der Waals surface area contributed by atoms with Gasteiger partial charge in [-0.3, -0.25) is 10.1 Å². The minimum atomic E-state index is -0.657. The quantitative estimate of drug-likeness (QED) is 0.597. The highest BCUT2D eigenvalue weighted by Gasteiger charge is 2.30. The Morgan fingerprint density at radius 3 is 2.30 bits per heavy atom. The van der Waals surface area contributed by atoms with Crippen molar-refractivity contribution in [1.29, 1.82) is 0 Å². The van der Waals surface area contributed by atoms with Gasteiger partial charge in [0, 0.05) is 17.9 Å². The molecule has 0 radical (unpaired) electrons. The van der Waals surface area contributed by atoms with Crippen LogP contribution in [0.25, 0.3) is 0 Å². The lowest BCUT2D eigenvalue weighted by Gasteiger charge is -2.22. The van der Waals surface area contributed by atoms with Crippen molar-refractivity contribution in [2.45, 2.75) is 32.0 Å². The van der Waals surface area contributed by atoms with Gasteiger partial charge in [0.25, 0.3) is 0 Å². The van der Waals surface area contributed by atoms with Gasteiger partial charge in [-0.1, -0.05) is 49.4 Å². The molecule has 0 spiro atoms. The van der Waals surface area contributed by atoms with E-state index in [0.29, 0.717) is 13.0 Å². The summed E-state index contributed by atoms with van der Waals surface area (Å²) in [6.45, 7) is 2.41. The molecule has 5 heteroatoms. The summed E-state index contributed by atoms with van der Waals surface area (Å²) in [5, 5.41) is 14.7. The molecule has 0 aliphatic carbocycles. The van der Waals surface area contributed by atoms with E-state index in [0.717, 1.165) is 16.9 Å². The first-order valence-corrected chi connectivity index (χ1v) is 7.70. The van der Waals surface area contributed by atoms with Crippen molar-refractivity contribution in [3.8, 4) is 5.75 Å². The van der Waals surface area contributed by atoms with Gasteiger partial charge in [-0.2, -0.15) is 0 Å². The van der Waals surface area contributed by atoms with Crippen LogP contribution in [0.1, 0.15) is 30.5 Å². The topological polar surface area (TPSA) is 64.4 Å². The third-order valence-electron chi connectivity index (χ3n) is 3.92. The molecule has 0 aliphatic heterocycles. The molecule has 2 atom stereocenters. The summed E-state index contributed by atoms with van der Waals surface area (Å²) in [5.74, 6) is 0.796. The summed E-state index contributed by atoms with van der Waals surface area (Å²) in [6, 6.07) is 16.3. The number of methoxy groups -OCH3 is 1. The number of nitrogens with one attached hydrogen (secondary N) is 1. The molecule has 1 N–H and O–H groups in total. The van der Waals surface area contributed by atoms with Crippen LogP contribution in [0.15, 0.2) is 54.6 Å². The zero-order chi connectivity index (χ0) is 16.7. The standard InChI is InChI=1S/C18H22N2O3/c1-3-17(20(21)22)18(15-7-5-4-6-8-15)19-13-14-9-11-16(23-2)12-10-14/h4-12,17-19H,3,13H2,1-2H3/t17-,18-/m0/s1. The molecule has 0 amide bonds. The van der Waals surface area contributed by atoms with Gasteiger partial charge < -0.3 is 10.1 Å². The molecule has 2 aromatic rings. The first kappa shape index (κ1) is 17.0. The van der Waals surface area contributed by atoms with Crippen LogP contribution in [0.4, 0.5) is 0 Å². The fourth-order valence-corrected chi connectivity index (χ4v) is 2.61. The molecule has 0 heterocycles. The van der Waals surface area contributed by atoms with Crippen molar-refractivity contribution in [3.63, 3.8) is 0 Å². The molecule has 0 aromatic heterocycles. The van der Waals surface area contributed by atoms with Gasteiger partial charge in [0.1, 0.15) is 11.8 Å². The lowest BCUT2D eigenvalue weighted by atomic mass is 9.97. The van der Waals surface area contributed by atoms with Crippen molar-refractivity contribution in [2.24, 2.45) is 0 Å². The van der Waals surface area contributed by atoms with E-state index in [1.807, 2.05) is 61.5 Å². The van der Waals surface area contributed by atoms with Gasteiger partial charge in [0.05, 0.1) is 7.11 Å². The van der Waals surface area contributed by atoms with Crippen LogP contribution >= 0.6 is 0 Å². The van der Waals surface area contributed by atoms with E-state index in [1.165, 1.54) is 0 Å². The Morgan fingerprint density at radius 2 is 1.78 bits per heavy atom. The number of hydrogen-bond acceptors (Lipinski definition) is 4. The van der Waals surface area contributed by atoms with Crippen LogP contribution in [-0.4, -0.2) is 18.1 Å². The minimum Gasteiger partial charge on any atom is -0.497 e. The average molecular weight is 314 g/mol. The van der Waals surface area contributed by atoms with Crippen LogP contribution in [0, 0.1) is 10.1 Å². The molecule has 5 nitrogen and oxygen atoms in total. The van der Waals surface area contributed by atoms with E-state index >= 15 is 0 Å². The predicted octanol–water partition coefficient (Wildman–Crippen LogP) is 3.58. The summed E-state index contributed by atoms with van der Waals surface area (Å²) in [6.07, 6.45) is 0.474. The lowest BCUT2D eigenvalue weighted by Crippen LogP contribution is -2.36. The Balaban J connectivity index is 2.15. The van der Waals surface area contributed by atoms with Crippen LogP contribution in [0.5, 0.6) is 5.75 Å². The zero-order valence-corrected chi connectivity index (χ0v) is 13.4. The maximum Gasteiger partial charge on any atom is 0.232 e. The highest BCUT2D eigenvalue weighted by molar-refractivity contribution is 5.27. The third kappa shape index (κ3) is 4.53. The van der Waals surface area contributed by atoms with Gasteiger partial charge in [-0.25, -0.2) is 0 Å². The van der Waals surface area contributed by atoms with E-state index in [4.69, 9.17) is 4.74 Å². The molecule has 23 heavy (non-hydrogen) atoms. The smallest absolute Gasteiger partial charge is 0.232 e. The number of hydrogen-bond donors (Lipinski definition) is 1. The van der Waals surface area contributed by atoms with E-state index in [1.54, 1.807) is 7.11 Å². The molecule has 2 aromatic carbocycles. The molecule has 2 rings (SSSR count). The largest absolute Gasteiger partial charge is 0.497 e. The summed E-state index contributed by atoms with van der Waals surface area (Å²) in [5.41, 5.74) is 1.99. The average Bonchev–Trinajstić information content (AvgIpc) is 2.59. The highest BCUT2D eigenvalue weighted by atomic mass is 16.6. The number of nitro groups is 1. The second kappa shape index (κ2) is 8.29. The lowest BCUT2D eigenvalue weighted by molar-refractivity contribution is -0.528. The van der Waals surface area contributed by atoms with Crippen molar-refractivity contribution in [3.05, 3.63) is 75.8 Å². The zero-order valence-electron chi connectivity index (χ0n) is 13.4. The van der Waals surface area contributed by atoms with Gasteiger partial charge in [-0.05, 0) is 23.3 Å². The van der Waals surface area contributed by atoms with E-state index < -0.39 is 6.04 Å². The molecule has 0 bridgehead atoms. The SMILES string of the molecule is CC[C@@H]([C@@H](NCc1ccc(OC)cc1)c1ccccc1)[N+](=O)[O-]. The normalized spacial score (nSPS) is 13.3. The van der Waals surface area contributed by atoms with E-state index in [9.17, 15) is 10.1 Å². The summed E-state index contributed by atoms with van der Waals surface area (Å²) >= 11 is 0. The summed E-state index contributed by atoms with van der Waals surface area (Å²) in [4.78, 5) is 11.2. The molecule has 0 unspecified atom stereocenters. The Morgan fingerprint density at radius 1 is 1.13 bits per heavy atom. The highest BCUT2D eigenvalue weighted by Crippen LogP contribution is 2.22. The van der Waals surface area contributed by atoms with Gasteiger partial charge in [0.15, 0.2) is 0 Å². The Labute approximate surface area is 136 Å². The molecule has 0 saturated heterocycles. The third-order valence-corrected chi connectivity index (χ3v) is 3.92. The van der Waals surface area contributed by atoms with E-state index in [2.05, 4.69) is 5.32 Å². The number of rotatable bonds is 8. The number of benzene rings is 2. The fourth-order valence-electron chi connectivity index (χ4n) is 2.61. The summed E-state index contributed by atoms with van der Waals surface area (Å²) in [7, 11) is 1.63. The molecule has 0 saturated carbocycles. The molecular weight excluding hydrogens is 292 g/mol. The van der Waals surface area contributed by atoms with Crippen molar-refractivity contribution < 1.29 is 9.66 Å². The van der Waals surface area contributed by atoms with Crippen LogP contribution < -0.4 is 10.1 Å². The van der Waals surface area contributed by atoms with E-state index in [-0.39, 0.29) is 11.0 Å². The van der Waals surface area contributed by atoms with Crippen LogP contribution in [-0.2, 0) is 6.54 Å². The monoisotopic (exact) mass is 314 g/mol. The Hall–Kier alpha value is -2.40. The predicted molar refractivity (Wildman–Crippen MR) is 90.1 cm³/mol. The minimum absolute atomic E-state index is 0.196. The van der Waals surface area contributed by atoms with Crippen molar-refractivity contribution in [2.75, 3.05) is 7.11 Å². The summed E-state index contributed by atoms with van der Waals surface area (Å²) < 4.78 is 5.14. The number of ether oxygens (including phenoxy) is 1.